The highest BCUT2D eigenvalue weighted by Crippen LogP contribution is 2.37. The van der Waals surface area contributed by atoms with E-state index in [0.29, 0.717) is 42.3 Å². The van der Waals surface area contributed by atoms with Gasteiger partial charge in [0.1, 0.15) is 12.4 Å². The second-order valence-electron chi connectivity index (χ2n) is 9.75. The first-order valence-electron chi connectivity index (χ1n) is 12.7. The third-order valence-corrected chi connectivity index (χ3v) is 8.01. The molecule has 3 N–H and O–H groups in total. The zero-order valence-electron chi connectivity index (χ0n) is 21.7. The minimum atomic E-state index is -0.823. The Bertz CT molecular complexity index is 1560. The van der Waals surface area contributed by atoms with Gasteiger partial charge in [-0.05, 0) is 60.2 Å². The van der Waals surface area contributed by atoms with Crippen LogP contribution in [0, 0.1) is 24.5 Å². The first kappa shape index (κ1) is 27.3. The summed E-state index contributed by atoms with van der Waals surface area (Å²) in [6.07, 6.45) is 1.04. The van der Waals surface area contributed by atoms with Gasteiger partial charge in [0, 0.05) is 35.7 Å². The van der Waals surface area contributed by atoms with Crippen molar-refractivity contribution >= 4 is 28.3 Å². The van der Waals surface area contributed by atoms with E-state index in [1.54, 1.807) is 17.5 Å². The van der Waals surface area contributed by atoms with Crippen LogP contribution in [0.4, 0.5) is 13.9 Å². The van der Waals surface area contributed by atoms with Gasteiger partial charge in [-0.1, -0.05) is 30.3 Å². The van der Waals surface area contributed by atoms with E-state index >= 15 is 0 Å². The summed E-state index contributed by atoms with van der Waals surface area (Å²) in [6, 6.07) is 14.7. The molecule has 5 rings (SSSR count). The lowest BCUT2D eigenvalue weighted by atomic mass is 9.97. The fourth-order valence-electron chi connectivity index (χ4n) is 4.76. The smallest absolute Gasteiger partial charge is 0.306 e. The number of benzene rings is 3. The number of halogens is 2. The van der Waals surface area contributed by atoms with Gasteiger partial charge < -0.3 is 20.5 Å². The summed E-state index contributed by atoms with van der Waals surface area (Å²) in [5.41, 5.74) is 9.95. The summed E-state index contributed by atoms with van der Waals surface area (Å²) in [5, 5.41) is 11.6. The molecule has 7 nitrogen and oxygen atoms in total. The van der Waals surface area contributed by atoms with Gasteiger partial charge in [-0.15, -0.1) is 11.3 Å². The predicted octanol–water partition coefficient (Wildman–Crippen LogP) is 6.04. The molecule has 1 saturated heterocycles. The van der Waals surface area contributed by atoms with Gasteiger partial charge in [0.15, 0.2) is 16.7 Å². The van der Waals surface area contributed by atoms with Crippen LogP contribution in [0.15, 0.2) is 60.0 Å². The Morgan fingerprint density at radius 2 is 1.77 bits per heavy atom. The number of hydrogen-bond acceptors (Lipinski definition) is 6. The molecule has 40 heavy (non-hydrogen) atoms. The summed E-state index contributed by atoms with van der Waals surface area (Å²) in [6.45, 7) is 3.08. The van der Waals surface area contributed by atoms with Crippen LogP contribution < -0.4 is 15.4 Å². The molecule has 3 aromatic carbocycles. The van der Waals surface area contributed by atoms with Crippen molar-refractivity contribution in [2.24, 2.45) is 11.7 Å². The second-order valence-corrected chi connectivity index (χ2v) is 10.6. The van der Waals surface area contributed by atoms with Gasteiger partial charge in [0.25, 0.3) is 0 Å². The molecule has 0 radical (unpaired) electrons. The Kier molecular flexibility index (Phi) is 7.79. The number of carboxylic acid groups (broad SMARTS) is 1. The average Bonchev–Trinajstić information content (AvgIpc) is 3.43. The number of carbonyl (C=O) groups excluding carboxylic acids is 1. The van der Waals surface area contributed by atoms with Crippen LogP contribution in [-0.2, 0) is 11.4 Å². The zero-order valence-corrected chi connectivity index (χ0v) is 22.5. The number of amides is 1. The van der Waals surface area contributed by atoms with Crippen molar-refractivity contribution in [3.05, 3.63) is 88.3 Å². The molecule has 0 saturated carbocycles. The molecule has 0 spiro atoms. The predicted molar refractivity (Wildman–Crippen MR) is 150 cm³/mol. The lowest BCUT2D eigenvalue weighted by molar-refractivity contribution is -0.142. The molecule has 2 heterocycles. The summed E-state index contributed by atoms with van der Waals surface area (Å²) < 4.78 is 35.2. The molecule has 4 aromatic rings. The number of ether oxygens (including phenoxy) is 1. The van der Waals surface area contributed by atoms with Crippen molar-refractivity contribution in [1.82, 2.24) is 4.98 Å². The number of aromatic nitrogens is 1. The molecule has 0 aliphatic carbocycles. The number of hydrogen-bond donors (Lipinski definition) is 2. The zero-order chi connectivity index (χ0) is 28.4. The maximum Gasteiger partial charge on any atom is 0.306 e. The van der Waals surface area contributed by atoms with Crippen LogP contribution in [-0.4, -0.2) is 35.1 Å². The first-order chi connectivity index (χ1) is 19.2. The summed E-state index contributed by atoms with van der Waals surface area (Å²) >= 11 is 1.34. The fourth-order valence-corrected chi connectivity index (χ4v) is 5.64. The third-order valence-electron chi connectivity index (χ3n) is 7.11. The van der Waals surface area contributed by atoms with E-state index in [4.69, 9.17) is 10.5 Å². The van der Waals surface area contributed by atoms with Crippen molar-refractivity contribution in [3.8, 4) is 28.1 Å². The van der Waals surface area contributed by atoms with Crippen LogP contribution in [0.1, 0.15) is 34.3 Å². The van der Waals surface area contributed by atoms with Gasteiger partial charge in [0.05, 0.1) is 11.6 Å². The largest absolute Gasteiger partial charge is 0.485 e. The molecule has 0 atom stereocenters. The van der Waals surface area contributed by atoms with Crippen molar-refractivity contribution < 1.29 is 28.2 Å². The number of piperidine rings is 1. The van der Waals surface area contributed by atoms with Gasteiger partial charge in [-0.2, -0.15) is 0 Å². The fraction of sp³-hybridized carbons (Fsp3) is 0.233. The standard InChI is InChI=1S/C30H27F2N3O4S/c1-17-12-21(18-2-4-19(5-3-18)28(33)36)6-7-22(17)15-39-27-24(13-23(31)14-25(27)32)26-16-40-30(34-26)35-10-8-20(9-11-35)29(37)38/h2-7,12-14,16,20H,8-11,15H2,1H3,(H2,33,36)(H,37,38). The van der Waals surface area contributed by atoms with Crippen LogP contribution in [0.5, 0.6) is 5.75 Å². The lowest BCUT2D eigenvalue weighted by Gasteiger charge is -2.29. The van der Waals surface area contributed by atoms with Gasteiger partial charge in [0.2, 0.25) is 5.91 Å². The Morgan fingerprint density at radius 1 is 1.07 bits per heavy atom. The summed E-state index contributed by atoms with van der Waals surface area (Å²) in [5.74, 6) is -3.30. The number of thiazole rings is 1. The molecule has 0 bridgehead atoms. The molecule has 1 aliphatic rings. The van der Waals surface area contributed by atoms with Crippen molar-refractivity contribution in [1.29, 1.82) is 0 Å². The van der Waals surface area contributed by atoms with Crippen LogP contribution in [0.25, 0.3) is 22.4 Å². The lowest BCUT2D eigenvalue weighted by Crippen LogP contribution is -2.36. The van der Waals surface area contributed by atoms with Crippen LogP contribution >= 0.6 is 11.3 Å². The third kappa shape index (κ3) is 5.81. The number of anilines is 1. The molecule has 0 unspecified atom stereocenters. The molecule has 1 amide bonds. The van der Waals surface area contributed by atoms with E-state index in [9.17, 15) is 23.5 Å². The van der Waals surface area contributed by atoms with E-state index in [2.05, 4.69) is 4.98 Å². The SMILES string of the molecule is Cc1cc(-c2ccc(C(N)=O)cc2)ccc1COc1c(F)cc(F)cc1-c1csc(N2CCC(C(=O)O)CC2)n1. The number of primary amides is 1. The second kappa shape index (κ2) is 11.4. The van der Waals surface area contributed by atoms with E-state index in [1.807, 2.05) is 42.2 Å². The molecule has 1 fully saturated rings. The molecule has 1 aromatic heterocycles. The maximum atomic E-state index is 15.0. The Morgan fingerprint density at radius 3 is 2.42 bits per heavy atom. The minimum absolute atomic E-state index is 0.0575. The van der Waals surface area contributed by atoms with Gasteiger partial charge in [-0.3, -0.25) is 9.59 Å². The van der Waals surface area contributed by atoms with Crippen molar-refractivity contribution in [3.63, 3.8) is 0 Å². The summed E-state index contributed by atoms with van der Waals surface area (Å²) in [7, 11) is 0. The Labute approximate surface area is 233 Å². The maximum absolute atomic E-state index is 15.0. The first-order valence-corrected chi connectivity index (χ1v) is 13.6. The average molecular weight is 564 g/mol. The number of aliphatic carboxylic acids is 1. The van der Waals surface area contributed by atoms with Crippen molar-refractivity contribution in [2.75, 3.05) is 18.0 Å². The Hall–Kier alpha value is -4.31. The molecule has 10 heteroatoms. The Balaban J connectivity index is 1.34. The van der Waals surface area contributed by atoms with Crippen LogP contribution in [0.2, 0.25) is 0 Å². The van der Waals surface area contributed by atoms with Crippen LogP contribution in [0.3, 0.4) is 0 Å². The number of carbonyl (C=O) groups is 2. The molecule has 206 valence electrons. The molecule has 1 aliphatic heterocycles. The van der Waals surface area contributed by atoms with E-state index in [1.165, 1.54) is 17.4 Å². The number of nitrogens with two attached hydrogens (primary N) is 1. The van der Waals surface area contributed by atoms with Gasteiger partial charge in [-0.25, -0.2) is 13.8 Å². The highest BCUT2D eigenvalue weighted by molar-refractivity contribution is 7.14. The van der Waals surface area contributed by atoms with E-state index in [-0.39, 0.29) is 23.8 Å². The minimum Gasteiger partial charge on any atom is -0.485 e. The van der Waals surface area contributed by atoms with Gasteiger partial charge >= 0.3 is 5.97 Å². The highest BCUT2D eigenvalue weighted by Gasteiger charge is 2.26. The monoisotopic (exact) mass is 563 g/mol. The highest BCUT2D eigenvalue weighted by atomic mass is 32.1. The van der Waals surface area contributed by atoms with Crippen molar-refractivity contribution in [2.45, 2.75) is 26.4 Å². The number of aryl methyl sites for hydroxylation is 1. The number of carboxylic acids is 1. The van der Waals surface area contributed by atoms with E-state index in [0.717, 1.165) is 28.3 Å². The number of nitrogens with zero attached hydrogens (tertiary/aromatic N) is 2. The molecular formula is C30H27F2N3O4S. The topological polar surface area (TPSA) is 106 Å². The molecular weight excluding hydrogens is 536 g/mol. The normalized spacial score (nSPS) is 13.8. The number of rotatable bonds is 8. The van der Waals surface area contributed by atoms with E-state index < -0.39 is 23.5 Å². The quantitative estimate of drug-likeness (QED) is 0.271. The summed E-state index contributed by atoms with van der Waals surface area (Å²) in [4.78, 5) is 29.2.